The minimum atomic E-state index is -1.23. The number of thioether (sulfide) groups is 2. The zero-order valence-corrected chi connectivity index (χ0v) is 17.9. The van der Waals surface area contributed by atoms with Gasteiger partial charge in [-0.2, -0.15) is 0 Å². The molecule has 0 radical (unpaired) electrons. The first-order valence-electron chi connectivity index (χ1n) is 8.64. The Morgan fingerprint density at radius 3 is 2.84 bits per heavy atom. The minimum absolute atomic E-state index is 0.0729. The third kappa shape index (κ3) is 3.96. The van der Waals surface area contributed by atoms with Crippen LogP contribution in [0.1, 0.15) is 5.69 Å². The Hall–Kier alpha value is -3.10. The summed E-state index contributed by atoms with van der Waals surface area (Å²) in [4.78, 5) is 47.5. The summed E-state index contributed by atoms with van der Waals surface area (Å²) >= 11 is 3.62. The van der Waals surface area contributed by atoms with Crippen LogP contribution in [0.3, 0.4) is 0 Å². The summed E-state index contributed by atoms with van der Waals surface area (Å²) in [7, 11) is 0. The van der Waals surface area contributed by atoms with Gasteiger partial charge in [0.05, 0.1) is 0 Å². The molecule has 2 aliphatic rings. The van der Waals surface area contributed by atoms with Gasteiger partial charge in [0.15, 0.2) is 10.8 Å². The van der Waals surface area contributed by atoms with Gasteiger partial charge >= 0.3 is 5.97 Å². The predicted octanol–water partition coefficient (Wildman–Crippen LogP) is 0.787. The van der Waals surface area contributed by atoms with Gasteiger partial charge in [0.25, 0.3) is 11.8 Å². The van der Waals surface area contributed by atoms with Crippen molar-refractivity contribution in [2.45, 2.75) is 16.3 Å². The van der Waals surface area contributed by atoms with E-state index >= 15 is 0 Å². The molecule has 1 fully saturated rings. The minimum Gasteiger partial charge on any atom is -0.477 e. The number of rotatable bonds is 6. The van der Waals surface area contributed by atoms with Crippen molar-refractivity contribution in [2.24, 2.45) is 5.16 Å². The molecule has 0 unspecified atom stereocenters. The van der Waals surface area contributed by atoms with Crippen molar-refractivity contribution < 1.29 is 24.7 Å². The molecule has 4 heterocycles. The van der Waals surface area contributed by atoms with Gasteiger partial charge in [-0.05, 0) is 12.1 Å². The number of amides is 2. The van der Waals surface area contributed by atoms with Crippen LogP contribution in [-0.4, -0.2) is 65.8 Å². The summed E-state index contributed by atoms with van der Waals surface area (Å²) in [6, 6.07) is 2.56. The number of fused-ring (bicyclic) bond motifs is 1. The van der Waals surface area contributed by atoms with Gasteiger partial charge in [0, 0.05) is 33.3 Å². The molecule has 0 bridgehead atoms. The van der Waals surface area contributed by atoms with Crippen LogP contribution in [0.5, 0.6) is 0 Å². The molecule has 0 aromatic carbocycles. The first-order valence-corrected chi connectivity index (χ1v) is 11.4. The van der Waals surface area contributed by atoms with Crippen LogP contribution in [-0.2, 0) is 14.4 Å². The lowest BCUT2D eigenvalue weighted by molar-refractivity contribution is -0.150. The molecular formula is C17H14N6O5S3. The molecule has 0 spiro atoms. The molecule has 14 heteroatoms. The number of hydrogen-bond acceptors (Lipinski definition) is 11. The van der Waals surface area contributed by atoms with Gasteiger partial charge in [0.1, 0.15) is 22.8 Å². The quantitative estimate of drug-likeness (QED) is 0.201. The largest absolute Gasteiger partial charge is 0.477 e. The number of carbonyl (C=O) groups is 3. The number of hydrogen-bond donors (Lipinski definition) is 4. The molecule has 2 aliphatic heterocycles. The number of nitrogen functional groups attached to an aromatic ring is 1. The van der Waals surface area contributed by atoms with E-state index in [0.29, 0.717) is 10.7 Å². The number of carboxylic acids is 1. The van der Waals surface area contributed by atoms with Crippen LogP contribution in [0, 0.1) is 0 Å². The first kappa shape index (κ1) is 21.1. The molecule has 0 aliphatic carbocycles. The number of aliphatic carboxylic acids is 1. The number of nitrogens with one attached hydrogen (secondary N) is 1. The second kappa shape index (κ2) is 8.56. The van der Waals surface area contributed by atoms with Gasteiger partial charge in [-0.1, -0.05) is 16.9 Å². The Morgan fingerprint density at radius 1 is 1.42 bits per heavy atom. The molecule has 2 aromatic rings. The molecule has 160 valence electrons. The SMILES string of the molecule is Nc1nc(/C(=N/O)C(=O)N[C@@H]2C(=O)N3C(C(=O)O)=C(Sc4cccnc4)CS[C@H]23)cs1. The van der Waals surface area contributed by atoms with Gasteiger partial charge in [-0.15, -0.1) is 23.1 Å². The van der Waals surface area contributed by atoms with Crippen LogP contribution >= 0.6 is 34.9 Å². The zero-order chi connectivity index (χ0) is 22.1. The van der Waals surface area contributed by atoms with Crippen molar-refractivity contribution in [1.82, 2.24) is 20.2 Å². The van der Waals surface area contributed by atoms with Crippen molar-refractivity contribution >= 4 is 63.5 Å². The fraction of sp³-hybridized carbons (Fsp3) is 0.176. The lowest BCUT2D eigenvalue weighted by Gasteiger charge is -2.49. The van der Waals surface area contributed by atoms with E-state index in [2.05, 4.69) is 20.4 Å². The molecule has 2 atom stereocenters. The summed E-state index contributed by atoms with van der Waals surface area (Å²) in [6.45, 7) is 0. The van der Waals surface area contributed by atoms with Crippen LogP contribution < -0.4 is 11.1 Å². The van der Waals surface area contributed by atoms with Crippen LogP contribution in [0.15, 0.2) is 50.6 Å². The second-order valence-electron chi connectivity index (χ2n) is 6.25. The Balaban J connectivity index is 1.52. The molecule has 5 N–H and O–H groups in total. The van der Waals surface area contributed by atoms with Crippen molar-refractivity contribution in [3.63, 3.8) is 0 Å². The highest BCUT2D eigenvalue weighted by molar-refractivity contribution is 8.06. The van der Waals surface area contributed by atoms with E-state index in [4.69, 9.17) is 5.73 Å². The highest BCUT2D eigenvalue weighted by atomic mass is 32.2. The van der Waals surface area contributed by atoms with Crippen LogP contribution in [0.4, 0.5) is 5.13 Å². The van der Waals surface area contributed by atoms with Crippen molar-refractivity contribution in [1.29, 1.82) is 0 Å². The van der Waals surface area contributed by atoms with Gasteiger partial charge in [0.2, 0.25) is 0 Å². The van der Waals surface area contributed by atoms with Crippen molar-refractivity contribution in [3.05, 3.63) is 46.2 Å². The zero-order valence-electron chi connectivity index (χ0n) is 15.5. The average molecular weight is 479 g/mol. The number of aromatic nitrogens is 2. The molecule has 1 saturated heterocycles. The third-order valence-electron chi connectivity index (χ3n) is 4.38. The van der Waals surface area contributed by atoms with E-state index in [1.165, 1.54) is 28.9 Å². The van der Waals surface area contributed by atoms with Gasteiger partial charge < -0.3 is 21.4 Å². The summed E-state index contributed by atoms with van der Waals surface area (Å²) in [5, 5.41) is 25.4. The number of thiazole rings is 1. The third-order valence-corrected chi connectivity index (χ3v) is 7.58. The van der Waals surface area contributed by atoms with Crippen LogP contribution in [0.25, 0.3) is 0 Å². The topological polar surface area (TPSA) is 171 Å². The van der Waals surface area contributed by atoms with Gasteiger partial charge in [-0.25, -0.2) is 9.78 Å². The van der Waals surface area contributed by atoms with Crippen molar-refractivity contribution in [3.8, 4) is 0 Å². The number of oxime groups is 1. The normalized spacial score (nSPS) is 20.8. The first-order chi connectivity index (χ1) is 14.9. The summed E-state index contributed by atoms with van der Waals surface area (Å²) < 4.78 is 0. The van der Waals surface area contributed by atoms with Crippen LogP contribution in [0.2, 0.25) is 0 Å². The maximum absolute atomic E-state index is 12.7. The molecule has 4 rings (SSSR count). The molecule has 2 amide bonds. The monoisotopic (exact) mass is 478 g/mol. The molecular weight excluding hydrogens is 464 g/mol. The predicted molar refractivity (Wildman–Crippen MR) is 115 cm³/mol. The molecule has 0 saturated carbocycles. The van der Waals surface area contributed by atoms with E-state index in [-0.39, 0.29) is 22.2 Å². The highest BCUT2D eigenvalue weighted by Crippen LogP contribution is 2.45. The summed E-state index contributed by atoms with van der Waals surface area (Å²) in [6.07, 6.45) is 3.22. The maximum Gasteiger partial charge on any atom is 0.353 e. The van der Waals surface area contributed by atoms with E-state index in [1.54, 1.807) is 24.5 Å². The second-order valence-corrected chi connectivity index (χ2v) is 9.41. The highest BCUT2D eigenvalue weighted by Gasteiger charge is 2.54. The van der Waals surface area contributed by atoms with Gasteiger partial charge in [-0.3, -0.25) is 19.5 Å². The van der Waals surface area contributed by atoms with E-state index in [1.807, 2.05) is 0 Å². The maximum atomic E-state index is 12.7. The average Bonchev–Trinajstić information content (AvgIpc) is 3.18. The van der Waals surface area contributed by atoms with Crippen molar-refractivity contribution in [2.75, 3.05) is 11.5 Å². The Labute approximate surface area is 187 Å². The Kier molecular flexibility index (Phi) is 5.84. The smallest absolute Gasteiger partial charge is 0.353 e. The lowest BCUT2D eigenvalue weighted by Crippen LogP contribution is -2.71. The van der Waals surface area contributed by atoms with E-state index in [0.717, 1.165) is 21.1 Å². The standard InChI is InChI=1S/C17H14N6O5S3/c18-17-20-8(5-30-17)10(22-28)13(24)21-11-14(25)23-12(16(26)27)9(6-29-15(11)23)31-7-2-1-3-19-4-7/h1-5,11,15,28H,6H2,(H2,18,20)(H,21,24)(H,26,27)/b22-10-/t11-,15-/m1/s1. The summed E-state index contributed by atoms with van der Waals surface area (Å²) in [5.74, 6) is -2.28. The number of nitrogens with zero attached hydrogens (tertiary/aromatic N) is 4. The fourth-order valence-electron chi connectivity index (χ4n) is 3.04. The Morgan fingerprint density at radius 2 is 2.23 bits per heavy atom. The molecule has 11 nitrogen and oxygen atoms in total. The number of nitrogens with two attached hydrogens (primary N) is 1. The fourth-order valence-corrected chi connectivity index (χ4v) is 6.05. The number of anilines is 1. The number of carbonyl (C=O) groups excluding carboxylic acids is 2. The number of β-lactam (4-membered cyclic amide) rings is 1. The Bertz CT molecular complexity index is 1120. The molecule has 31 heavy (non-hydrogen) atoms. The number of carboxylic acid groups (broad SMARTS) is 1. The van der Waals surface area contributed by atoms with E-state index < -0.39 is 29.2 Å². The summed E-state index contributed by atoms with van der Waals surface area (Å²) in [5.41, 5.74) is 5.11. The number of pyridine rings is 1. The van der Waals surface area contributed by atoms with E-state index in [9.17, 15) is 24.7 Å². The lowest BCUT2D eigenvalue weighted by atomic mass is 10.0. The molecule has 2 aromatic heterocycles.